The molecule has 5 fully saturated rings. The summed E-state index contributed by atoms with van der Waals surface area (Å²) in [5.74, 6) is -2.54. The number of hydrogen-bond acceptors (Lipinski definition) is 8. The smallest absolute Gasteiger partial charge is 0.407 e. The van der Waals surface area contributed by atoms with Crippen molar-refractivity contribution in [2.45, 2.75) is 109 Å². The summed E-state index contributed by atoms with van der Waals surface area (Å²) in [6.07, 6.45) is 6.75. The molecule has 2 saturated carbocycles. The first-order valence-corrected chi connectivity index (χ1v) is 23.1. The van der Waals surface area contributed by atoms with E-state index in [0.717, 1.165) is 56.0 Å². The van der Waals surface area contributed by atoms with Crippen LogP contribution in [0.4, 0.5) is 18.4 Å². The number of nitrogens with zero attached hydrogens (tertiary/aromatic N) is 4. The van der Waals surface area contributed by atoms with Crippen molar-refractivity contribution >= 4 is 35.0 Å². The van der Waals surface area contributed by atoms with E-state index < -0.39 is 30.2 Å². The predicted octanol–water partition coefficient (Wildman–Crippen LogP) is 9.00. The maximum absolute atomic E-state index is 16.7. The van der Waals surface area contributed by atoms with Crippen molar-refractivity contribution in [1.29, 1.82) is 0 Å². The second-order valence-electron chi connectivity index (χ2n) is 19.8. The minimum Gasteiger partial charge on any atom is -0.453 e. The van der Waals surface area contributed by atoms with Crippen LogP contribution in [0.2, 0.25) is 0 Å². The average molecular weight is 903 g/mol. The Balaban J connectivity index is 0.901. The van der Waals surface area contributed by atoms with Crippen LogP contribution in [-0.2, 0) is 25.0 Å². The predicted molar refractivity (Wildman–Crippen MR) is 242 cm³/mol. The van der Waals surface area contributed by atoms with E-state index in [2.05, 4.69) is 20.6 Å². The number of carbonyl (C=O) groups excluding carboxylic acids is 4. The lowest BCUT2D eigenvalue weighted by Crippen LogP contribution is -2.59. The Morgan fingerprint density at radius 2 is 1.35 bits per heavy atom. The Labute approximate surface area is 381 Å². The van der Waals surface area contributed by atoms with Gasteiger partial charge in [0.15, 0.2) is 0 Å². The van der Waals surface area contributed by atoms with Crippen molar-refractivity contribution < 1.29 is 37.4 Å². The number of aromatic nitrogens is 4. The van der Waals surface area contributed by atoms with Gasteiger partial charge in [0.05, 0.1) is 49.2 Å². The number of nitrogens with one attached hydrogen (secondary N) is 4. The first-order valence-electron chi connectivity index (χ1n) is 23.1. The molecule has 5 heterocycles. The molecule has 346 valence electrons. The third kappa shape index (κ3) is 7.36. The van der Waals surface area contributed by atoms with Crippen LogP contribution in [0.1, 0.15) is 108 Å². The lowest BCUT2D eigenvalue weighted by atomic mass is 9.73. The number of imidazole rings is 2. The van der Waals surface area contributed by atoms with Crippen molar-refractivity contribution in [2.24, 2.45) is 23.2 Å². The standard InChI is InChI=1S/C50H56F2N8O6/c1-25(2)40(57-47(63)65-5)45(61)59-24-49(17-18-49)22-39(59)43-53-23-38(56-43)30-10-15-33-32-14-9-28(19-34(32)50(51,52)35(33)20-30)29-11-16-36-37(21-29)55-44(54-36)42-27-7-12-31(13-8-27)60(42)46(62)41(26(3)4)58-48(64)66-6/h9-11,14-16,19-21,23,25-27,31,39-42H,7-8,12-13,17-18,22,24H2,1-6H3,(H,53,56)(H,54,55)(H,57,63)(H,58,64)/t27?,31?,39-,40-,41-,42-/m0/s1. The van der Waals surface area contributed by atoms with Crippen LogP contribution in [0.3, 0.4) is 0 Å². The largest absolute Gasteiger partial charge is 0.453 e. The highest BCUT2D eigenvalue weighted by molar-refractivity contribution is 5.89. The van der Waals surface area contributed by atoms with Crippen LogP contribution in [0, 0.1) is 23.2 Å². The topological polar surface area (TPSA) is 175 Å². The molecule has 0 unspecified atom stereocenters. The fraction of sp³-hybridized carbons (Fsp3) is 0.480. The number of hydrogen-bond donors (Lipinski definition) is 4. The Morgan fingerprint density at radius 3 is 1.97 bits per heavy atom. The number of halogens is 2. The van der Waals surface area contributed by atoms with E-state index in [1.165, 1.54) is 20.3 Å². The van der Waals surface area contributed by atoms with Gasteiger partial charge in [-0.1, -0.05) is 58.0 Å². The molecule has 4 amide bonds. The number of alkyl halides is 2. The number of alkyl carbamates (subject to hydrolysis) is 2. The summed E-state index contributed by atoms with van der Waals surface area (Å²) >= 11 is 0. The van der Waals surface area contributed by atoms with E-state index in [4.69, 9.17) is 19.4 Å². The fourth-order valence-corrected chi connectivity index (χ4v) is 11.2. The first kappa shape index (κ1) is 43.6. The lowest BCUT2D eigenvalue weighted by molar-refractivity contribution is -0.149. The number of methoxy groups -OCH3 is 2. The van der Waals surface area contributed by atoms with Gasteiger partial charge in [-0.2, -0.15) is 8.78 Å². The molecule has 6 aliphatic rings. The molecule has 11 rings (SSSR count). The SMILES string of the molecule is COC(=O)N[C@H](C(=O)N1CC2(CC2)C[C@H]1c1ncc(-c2ccc3c(c2)C(F)(F)c2cc(-c4ccc5nc([C@@H]6C7CCC(CC7)N6C(=O)[C@@H](NC(=O)OC)C(C)C)[nH]c5c4)ccc2-3)[nH]1)C(C)C. The Bertz CT molecular complexity index is 2750. The van der Waals surface area contributed by atoms with Crippen molar-refractivity contribution in [3.05, 3.63) is 83.6 Å². The van der Waals surface area contributed by atoms with Gasteiger partial charge in [0.1, 0.15) is 23.7 Å². The zero-order valence-corrected chi connectivity index (χ0v) is 38.0. The number of rotatable bonds is 10. The van der Waals surface area contributed by atoms with Crippen LogP contribution in [0.5, 0.6) is 0 Å². The molecule has 66 heavy (non-hydrogen) atoms. The molecule has 5 aromatic rings. The monoisotopic (exact) mass is 902 g/mol. The summed E-state index contributed by atoms with van der Waals surface area (Å²) in [4.78, 5) is 72.9. The number of carbonyl (C=O) groups is 4. The summed E-state index contributed by atoms with van der Waals surface area (Å²) in [7, 11) is 2.55. The molecule has 2 bridgehead atoms. The van der Waals surface area contributed by atoms with Crippen LogP contribution in [-0.4, -0.2) is 92.6 Å². The zero-order chi connectivity index (χ0) is 46.4. The highest BCUT2D eigenvalue weighted by Crippen LogP contribution is 2.59. The van der Waals surface area contributed by atoms with Crippen LogP contribution >= 0.6 is 0 Å². The number of fused-ring (bicyclic) bond motifs is 7. The third-order valence-corrected chi connectivity index (χ3v) is 15.0. The number of aromatic amines is 2. The number of likely N-dealkylation sites (tertiary alicyclic amines) is 1. The van der Waals surface area contributed by atoms with E-state index in [-0.39, 0.29) is 64.2 Å². The second kappa shape index (κ2) is 16.2. The summed E-state index contributed by atoms with van der Waals surface area (Å²) in [6, 6.07) is 13.8. The number of amides is 4. The van der Waals surface area contributed by atoms with Gasteiger partial charge >= 0.3 is 12.2 Å². The summed E-state index contributed by atoms with van der Waals surface area (Å²) in [6.45, 7) is 8.10. The highest BCUT2D eigenvalue weighted by Gasteiger charge is 2.55. The molecule has 3 saturated heterocycles. The van der Waals surface area contributed by atoms with Gasteiger partial charge in [-0.25, -0.2) is 19.6 Å². The lowest BCUT2D eigenvalue weighted by Gasteiger charge is -2.51. The molecule has 1 spiro atoms. The molecular weight excluding hydrogens is 847 g/mol. The summed E-state index contributed by atoms with van der Waals surface area (Å²) in [5, 5.41) is 5.46. The van der Waals surface area contributed by atoms with Gasteiger partial charge in [-0.3, -0.25) is 9.59 Å². The maximum Gasteiger partial charge on any atom is 0.407 e. The molecule has 2 aromatic heterocycles. The Morgan fingerprint density at radius 1 is 0.758 bits per heavy atom. The van der Waals surface area contributed by atoms with Gasteiger partial charge in [-0.05, 0) is 115 Å². The van der Waals surface area contributed by atoms with E-state index in [1.807, 2.05) is 62.9 Å². The minimum atomic E-state index is -3.29. The number of H-pyrrole nitrogens is 2. The molecular formula is C50H56F2N8O6. The normalized spacial score (nSPS) is 22.9. The maximum atomic E-state index is 16.7. The molecule has 0 radical (unpaired) electrons. The number of ether oxygens (including phenoxy) is 2. The molecule has 4 atom stereocenters. The van der Waals surface area contributed by atoms with Gasteiger partial charge < -0.3 is 39.9 Å². The van der Waals surface area contributed by atoms with Crippen molar-refractivity contribution in [1.82, 2.24) is 40.4 Å². The molecule has 3 aliphatic heterocycles. The first-order chi connectivity index (χ1) is 31.6. The third-order valence-electron chi connectivity index (χ3n) is 15.0. The zero-order valence-electron chi connectivity index (χ0n) is 38.0. The van der Waals surface area contributed by atoms with Crippen LogP contribution in [0.25, 0.3) is 44.5 Å². The summed E-state index contributed by atoms with van der Waals surface area (Å²) in [5.41, 5.74) is 4.70. The van der Waals surface area contributed by atoms with Crippen molar-refractivity contribution in [3.63, 3.8) is 0 Å². The highest BCUT2D eigenvalue weighted by atomic mass is 19.3. The average Bonchev–Trinajstić information content (AvgIpc) is 3.64. The minimum absolute atomic E-state index is 0.00965. The molecule has 3 aliphatic carbocycles. The van der Waals surface area contributed by atoms with Crippen LogP contribution in [0.15, 0.2) is 60.8 Å². The molecule has 14 nitrogen and oxygen atoms in total. The van der Waals surface area contributed by atoms with Gasteiger partial charge in [0, 0.05) is 29.3 Å². The summed E-state index contributed by atoms with van der Waals surface area (Å²) < 4.78 is 43.1. The Hall–Kier alpha value is -6.32. The second-order valence-corrected chi connectivity index (χ2v) is 19.8. The van der Waals surface area contributed by atoms with E-state index >= 15 is 8.78 Å². The van der Waals surface area contributed by atoms with Crippen LogP contribution < -0.4 is 10.6 Å². The quantitative estimate of drug-likeness (QED) is 0.107. The van der Waals surface area contributed by atoms with Gasteiger partial charge in [0.2, 0.25) is 11.8 Å². The van der Waals surface area contributed by atoms with Gasteiger partial charge in [0.25, 0.3) is 5.92 Å². The van der Waals surface area contributed by atoms with E-state index in [1.54, 1.807) is 29.3 Å². The molecule has 3 aromatic carbocycles. The van der Waals surface area contributed by atoms with Crippen molar-refractivity contribution in [3.8, 4) is 33.5 Å². The van der Waals surface area contributed by atoms with E-state index in [0.29, 0.717) is 51.7 Å². The molecule has 16 heteroatoms. The number of benzene rings is 3. The molecule has 4 N–H and O–H groups in total. The number of piperidine rings is 2. The fourth-order valence-electron chi connectivity index (χ4n) is 11.2. The van der Waals surface area contributed by atoms with E-state index in [9.17, 15) is 19.2 Å². The Kier molecular flexibility index (Phi) is 10.7. The van der Waals surface area contributed by atoms with Gasteiger partial charge in [-0.15, -0.1) is 0 Å². The van der Waals surface area contributed by atoms with Crippen molar-refractivity contribution in [2.75, 3.05) is 20.8 Å².